The van der Waals surface area contributed by atoms with Gasteiger partial charge in [-0.05, 0) is 29.8 Å². The summed E-state index contributed by atoms with van der Waals surface area (Å²) in [6.07, 6.45) is 1.56. The van der Waals surface area contributed by atoms with Gasteiger partial charge >= 0.3 is 0 Å². The third-order valence-corrected chi connectivity index (χ3v) is 3.25. The molecule has 1 aromatic carbocycles. The van der Waals surface area contributed by atoms with E-state index in [1.54, 1.807) is 18.3 Å². The lowest BCUT2D eigenvalue weighted by molar-refractivity contribution is 0.437. The van der Waals surface area contributed by atoms with E-state index < -0.39 is 0 Å². The average molecular weight is 316 g/mol. The first-order valence-corrected chi connectivity index (χ1v) is 7.00. The summed E-state index contributed by atoms with van der Waals surface area (Å²) >= 11 is 5.74. The summed E-state index contributed by atoms with van der Waals surface area (Å²) in [5.41, 5.74) is 2.84. The van der Waals surface area contributed by atoms with Crippen LogP contribution in [0.4, 0.5) is 17.4 Å². The Morgan fingerprint density at radius 2 is 1.91 bits per heavy atom. The van der Waals surface area contributed by atoms with Gasteiger partial charge in [-0.1, -0.05) is 17.3 Å². The number of nitrogens with one attached hydrogen (secondary N) is 1. The zero-order valence-electron chi connectivity index (χ0n) is 12.1. The zero-order chi connectivity index (χ0) is 15.5. The van der Waals surface area contributed by atoms with Gasteiger partial charge in [0.05, 0.1) is 0 Å². The van der Waals surface area contributed by atoms with Crippen LogP contribution in [0.1, 0.15) is 0 Å². The van der Waals surface area contributed by atoms with E-state index in [0.29, 0.717) is 11.7 Å². The second-order valence-electron chi connectivity index (χ2n) is 4.85. The van der Waals surface area contributed by atoms with E-state index in [-0.39, 0.29) is 5.28 Å². The van der Waals surface area contributed by atoms with Gasteiger partial charge in [-0.3, -0.25) is 0 Å². The van der Waals surface area contributed by atoms with E-state index in [2.05, 4.69) is 20.4 Å². The van der Waals surface area contributed by atoms with Crippen molar-refractivity contribution in [2.45, 2.75) is 0 Å². The summed E-state index contributed by atoms with van der Waals surface area (Å²) in [5, 5.41) is 7.21. The average Bonchev–Trinajstić information content (AvgIpc) is 2.96. The standard InChI is InChI=1S/C15H14ClN5O/c1-21(2)11-5-3-10(4-6-11)12-9-14(22-20-12)18-13-7-8-17-15(16)19-13/h3-9H,1-2H3,(H,17,18,19). The Hall–Kier alpha value is -2.60. The van der Waals surface area contributed by atoms with E-state index >= 15 is 0 Å². The molecule has 0 atom stereocenters. The van der Waals surface area contributed by atoms with Gasteiger partial charge in [0, 0.05) is 37.6 Å². The minimum atomic E-state index is 0.170. The van der Waals surface area contributed by atoms with Gasteiger partial charge in [0.25, 0.3) is 0 Å². The van der Waals surface area contributed by atoms with Crippen LogP contribution in [0.15, 0.2) is 47.1 Å². The van der Waals surface area contributed by atoms with Crippen LogP contribution in [0.25, 0.3) is 11.3 Å². The molecule has 2 aromatic heterocycles. The highest BCUT2D eigenvalue weighted by Gasteiger charge is 2.08. The normalized spacial score (nSPS) is 10.5. The molecule has 6 nitrogen and oxygen atoms in total. The first-order chi connectivity index (χ1) is 10.6. The van der Waals surface area contributed by atoms with Crippen LogP contribution >= 0.6 is 11.6 Å². The number of anilines is 3. The summed E-state index contributed by atoms with van der Waals surface area (Å²) in [5.74, 6) is 1.03. The van der Waals surface area contributed by atoms with Gasteiger partial charge in [-0.2, -0.15) is 0 Å². The molecule has 0 saturated carbocycles. The molecule has 7 heteroatoms. The van der Waals surface area contributed by atoms with Gasteiger partial charge < -0.3 is 14.7 Å². The Labute approximate surface area is 132 Å². The summed E-state index contributed by atoms with van der Waals surface area (Å²) in [6, 6.07) is 11.6. The molecular formula is C15H14ClN5O. The van der Waals surface area contributed by atoms with E-state index in [9.17, 15) is 0 Å². The Bertz CT molecular complexity index is 770. The van der Waals surface area contributed by atoms with Crippen molar-refractivity contribution in [3.63, 3.8) is 0 Å². The molecule has 0 amide bonds. The predicted octanol–water partition coefficient (Wildman–Crippen LogP) is 3.59. The molecule has 0 aliphatic heterocycles. The molecule has 0 aliphatic rings. The summed E-state index contributed by atoms with van der Waals surface area (Å²) < 4.78 is 5.27. The molecule has 0 radical (unpaired) electrons. The van der Waals surface area contributed by atoms with Gasteiger partial charge in [0.1, 0.15) is 11.5 Å². The van der Waals surface area contributed by atoms with Crippen LogP contribution in [0.5, 0.6) is 0 Å². The fraction of sp³-hybridized carbons (Fsp3) is 0.133. The lowest BCUT2D eigenvalue weighted by Gasteiger charge is -2.11. The number of aromatic nitrogens is 3. The lowest BCUT2D eigenvalue weighted by atomic mass is 10.1. The number of halogens is 1. The van der Waals surface area contributed by atoms with Crippen LogP contribution in [-0.2, 0) is 0 Å². The lowest BCUT2D eigenvalue weighted by Crippen LogP contribution is -2.07. The first kappa shape index (κ1) is 14.3. The third kappa shape index (κ3) is 3.17. The molecule has 0 unspecified atom stereocenters. The second kappa shape index (κ2) is 6.03. The molecule has 0 spiro atoms. The third-order valence-electron chi connectivity index (χ3n) is 3.07. The number of nitrogens with zero attached hydrogens (tertiary/aromatic N) is 4. The largest absolute Gasteiger partial charge is 0.378 e. The molecular weight excluding hydrogens is 302 g/mol. The molecule has 1 N–H and O–H groups in total. The Morgan fingerprint density at radius 1 is 1.14 bits per heavy atom. The van der Waals surface area contributed by atoms with E-state index in [1.807, 2.05) is 43.3 Å². The number of benzene rings is 1. The van der Waals surface area contributed by atoms with Crippen LogP contribution in [-0.4, -0.2) is 29.2 Å². The molecule has 112 valence electrons. The first-order valence-electron chi connectivity index (χ1n) is 6.62. The number of hydrogen-bond acceptors (Lipinski definition) is 6. The smallest absolute Gasteiger partial charge is 0.230 e. The fourth-order valence-electron chi connectivity index (χ4n) is 1.93. The van der Waals surface area contributed by atoms with Crippen molar-refractivity contribution < 1.29 is 4.52 Å². The maximum Gasteiger partial charge on any atom is 0.230 e. The van der Waals surface area contributed by atoms with Crippen molar-refractivity contribution in [2.24, 2.45) is 0 Å². The SMILES string of the molecule is CN(C)c1ccc(-c2cc(Nc3ccnc(Cl)n3)on2)cc1. The molecule has 0 bridgehead atoms. The molecule has 0 saturated heterocycles. The van der Waals surface area contributed by atoms with Gasteiger partial charge in [-0.15, -0.1) is 0 Å². The van der Waals surface area contributed by atoms with Crippen molar-refractivity contribution >= 4 is 29.0 Å². The van der Waals surface area contributed by atoms with Crippen molar-refractivity contribution in [3.05, 3.63) is 47.9 Å². The monoisotopic (exact) mass is 315 g/mol. The maximum absolute atomic E-state index is 5.74. The molecule has 0 fully saturated rings. The van der Waals surface area contributed by atoms with Crippen molar-refractivity contribution in [1.29, 1.82) is 0 Å². The Balaban J connectivity index is 1.78. The zero-order valence-corrected chi connectivity index (χ0v) is 12.9. The highest BCUT2D eigenvalue weighted by molar-refractivity contribution is 6.28. The summed E-state index contributed by atoms with van der Waals surface area (Å²) in [4.78, 5) is 9.89. The predicted molar refractivity (Wildman–Crippen MR) is 86.6 cm³/mol. The topological polar surface area (TPSA) is 67.1 Å². The van der Waals surface area contributed by atoms with Crippen LogP contribution in [0.3, 0.4) is 0 Å². The van der Waals surface area contributed by atoms with Crippen LogP contribution < -0.4 is 10.2 Å². The van der Waals surface area contributed by atoms with E-state index in [0.717, 1.165) is 16.9 Å². The quantitative estimate of drug-likeness (QED) is 0.742. The fourth-order valence-corrected chi connectivity index (χ4v) is 2.08. The van der Waals surface area contributed by atoms with E-state index in [1.165, 1.54) is 0 Å². The molecule has 2 heterocycles. The Kier molecular flexibility index (Phi) is 3.93. The minimum absolute atomic E-state index is 0.170. The van der Waals surface area contributed by atoms with Gasteiger partial charge in [0.2, 0.25) is 11.2 Å². The number of hydrogen-bond donors (Lipinski definition) is 1. The second-order valence-corrected chi connectivity index (χ2v) is 5.19. The molecule has 3 aromatic rings. The molecule has 0 aliphatic carbocycles. The van der Waals surface area contributed by atoms with Crippen molar-refractivity contribution in [2.75, 3.05) is 24.3 Å². The number of rotatable bonds is 4. The maximum atomic E-state index is 5.74. The van der Waals surface area contributed by atoms with Gasteiger partial charge in [-0.25, -0.2) is 9.97 Å². The van der Waals surface area contributed by atoms with E-state index in [4.69, 9.17) is 16.1 Å². The van der Waals surface area contributed by atoms with Gasteiger partial charge in [0.15, 0.2) is 0 Å². The van der Waals surface area contributed by atoms with Crippen LogP contribution in [0, 0.1) is 0 Å². The summed E-state index contributed by atoms with van der Waals surface area (Å²) in [7, 11) is 4.00. The summed E-state index contributed by atoms with van der Waals surface area (Å²) in [6.45, 7) is 0. The van der Waals surface area contributed by atoms with Crippen molar-refractivity contribution in [3.8, 4) is 11.3 Å². The highest BCUT2D eigenvalue weighted by Crippen LogP contribution is 2.25. The van der Waals surface area contributed by atoms with Crippen molar-refractivity contribution in [1.82, 2.24) is 15.1 Å². The highest BCUT2D eigenvalue weighted by atomic mass is 35.5. The molecule has 22 heavy (non-hydrogen) atoms. The molecule has 3 rings (SSSR count). The van der Waals surface area contributed by atoms with Crippen LogP contribution in [0.2, 0.25) is 5.28 Å². The minimum Gasteiger partial charge on any atom is -0.378 e. The Morgan fingerprint density at radius 3 is 2.59 bits per heavy atom.